The van der Waals surface area contributed by atoms with E-state index in [2.05, 4.69) is 15.9 Å². The predicted octanol–water partition coefficient (Wildman–Crippen LogP) is 4.88. The van der Waals surface area contributed by atoms with Gasteiger partial charge in [0, 0.05) is 5.56 Å². The second-order valence-corrected chi connectivity index (χ2v) is 7.83. The maximum atomic E-state index is 13.0. The van der Waals surface area contributed by atoms with E-state index in [4.69, 9.17) is 24.7 Å². The van der Waals surface area contributed by atoms with Crippen LogP contribution in [0.3, 0.4) is 0 Å². The zero-order chi connectivity index (χ0) is 25.2. The minimum Gasteiger partial charge on any atom is -0.493 e. The highest BCUT2D eigenvalue weighted by Gasteiger charge is 2.39. The van der Waals surface area contributed by atoms with Crippen LogP contribution in [0.5, 0.6) is 11.5 Å². The van der Waals surface area contributed by atoms with Gasteiger partial charge in [-0.15, -0.1) is 0 Å². The van der Waals surface area contributed by atoms with Gasteiger partial charge in [0.1, 0.15) is 17.4 Å². The van der Waals surface area contributed by atoms with Gasteiger partial charge in [-0.2, -0.15) is 18.4 Å². The number of carbonyl (C=O) groups excluding carboxylic acids is 1. The Kier molecular flexibility index (Phi) is 7.12. The van der Waals surface area contributed by atoms with E-state index in [-0.39, 0.29) is 28.4 Å². The van der Waals surface area contributed by atoms with E-state index in [0.717, 1.165) is 31.4 Å². The van der Waals surface area contributed by atoms with Crippen molar-refractivity contribution in [3.63, 3.8) is 0 Å². The molecule has 0 amide bonds. The van der Waals surface area contributed by atoms with Crippen LogP contribution in [0, 0.1) is 11.3 Å². The highest BCUT2D eigenvalue weighted by Crippen LogP contribution is 2.46. The van der Waals surface area contributed by atoms with Crippen molar-refractivity contribution in [1.29, 1.82) is 5.26 Å². The van der Waals surface area contributed by atoms with Gasteiger partial charge in [0.2, 0.25) is 5.88 Å². The zero-order valence-electron chi connectivity index (χ0n) is 18.1. The molecule has 0 fully saturated rings. The Morgan fingerprint density at radius 2 is 1.79 bits per heavy atom. The first-order valence-electron chi connectivity index (χ1n) is 9.56. The van der Waals surface area contributed by atoms with Gasteiger partial charge in [-0.25, -0.2) is 4.79 Å². The minimum absolute atomic E-state index is 0.0878. The fraction of sp³-hybridized carbons (Fsp3) is 0.217. The number of ether oxygens (including phenoxy) is 4. The summed E-state index contributed by atoms with van der Waals surface area (Å²) in [5, 5.41) is 9.81. The van der Waals surface area contributed by atoms with E-state index in [1.807, 2.05) is 6.07 Å². The molecule has 3 rings (SSSR count). The summed E-state index contributed by atoms with van der Waals surface area (Å²) in [6, 6.07) is 9.10. The summed E-state index contributed by atoms with van der Waals surface area (Å²) < 4.78 is 60.7. The molecule has 2 aromatic rings. The lowest BCUT2D eigenvalue weighted by molar-refractivity contribution is -0.138. The average Bonchev–Trinajstić information content (AvgIpc) is 2.81. The summed E-state index contributed by atoms with van der Waals surface area (Å²) >= 11 is 3.38. The van der Waals surface area contributed by atoms with Crippen molar-refractivity contribution in [2.45, 2.75) is 12.1 Å². The van der Waals surface area contributed by atoms with Gasteiger partial charge in [0.15, 0.2) is 11.5 Å². The van der Waals surface area contributed by atoms with Crippen LogP contribution >= 0.6 is 15.9 Å². The van der Waals surface area contributed by atoms with Crippen molar-refractivity contribution >= 4 is 27.7 Å². The van der Waals surface area contributed by atoms with Gasteiger partial charge in [-0.1, -0.05) is 12.1 Å². The number of benzene rings is 2. The molecule has 1 aliphatic heterocycles. The number of carbonyl (C=O) groups is 1. The van der Waals surface area contributed by atoms with E-state index in [1.54, 1.807) is 12.1 Å². The maximum Gasteiger partial charge on any atom is 0.416 e. The molecular formula is C23H18BrF3N2O5. The largest absolute Gasteiger partial charge is 0.493 e. The summed E-state index contributed by atoms with van der Waals surface area (Å²) in [7, 11) is 3.99. The van der Waals surface area contributed by atoms with Crippen LogP contribution in [-0.4, -0.2) is 27.3 Å². The van der Waals surface area contributed by atoms with Crippen molar-refractivity contribution in [2.75, 3.05) is 21.3 Å². The Hall–Kier alpha value is -3.65. The molecule has 0 radical (unpaired) electrons. The van der Waals surface area contributed by atoms with E-state index in [1.165, 1.54) is 14.2 Å². The SMILES string of the molecule is COC(=O)C1=C(c2ccc(C(F)(F)F)cc2)OC(N)=C(C#N)C1c1cc(Br)c(OC)c(OC)c1. The van der Waals surface area contributed by atoms with Crippen LogP contribution in [0.1, 0.15) is 22.6 Å². The Morgan fingerprint density at radius 1 is 1.15 bits per heavy atom. The molecule has 0 aromatic heterocycles. The molecule has 1 unspecified atom stereocenters. The van der Waals surface area contributed by atoms with E-state index < -0.39 is 23.6 Å². The Bertz CT molecular complexity index is 1230. The van der Waals surface area contributed by atoms with E-state index in [9.17, 15) is 23.2 Å². The first kappa shape index (κ1) is 25.0. The smallest absolute Gasteiger partial charge is 0.416 e. The number of halogens is 4. The first-order chi connectivity index (χ1) is 16.1. The molecule has 34 heavy (non-hydrogen) atoms. The Morgan fingerprint density at radius 3 is 2.29 bits per heavy atom. The number of hydrogen-bond acceptors (Lipinski definition) is 7. The van der Waals surface area contributed by atoms with Gasteiger partial charge in [-0.3, -0.25) is 0 Å². The number of hydrogen-bond donors (Lipinski definition) is 1. The molecule has 2 aromatic carbocycles. The molecule has 0 bridgehead atoms. The fourth-order valence-corrected chi connectivity index (χ4v) is 4.16. The van der Waals surface area contributed by atoms with Gasteiger partial charge in [-0.05, 0) is 45.8 Å². The molecular weight excluding hydrogens is 521 g/mol. The van der Waals surface area contributed by atoms with Crippen LogP contribution < -0.4 is 15.2 Å². The number of esters is 1. The molecule has 7 nitrogen and oxygen atoms in total. The molecule has 2 N–H and O–H groups in total. The zero-order valence-corrected chi connectivity index (χ0v) is 19.7. The number of nitrogens with two attached hydrogens (primary N) is 1. The van der Waals surface area contributed by atoms with Crippen molar-refractivity contribution in [3.8, 4) is 17.6 Å². The lowest BCUT2D eigenvalue weighted by atomic mass is 9.82. The number of allylic oxidation sites excluding steroid dienone is 1. The van der Waals surface area contributed by atoms with Gasteiger partial charge >= 0.3 is 12.1 Å². The summed E-state index contributed by atoms with van der Waals surface area (Å²) in [5.74, 6) is -1.69. The van der Waals surface area contributed by atoms with Crippen molar-refractivity contribution < 1.29 is 36.9 Å². The fourth-order valence-electron chi connectivity index (χ4n) is 3.54. The Labute approximate surface area is 201 Å². The summed E-state index contributed by atoms with van der Waals surface area (Å²) in [6.07, 6.45) is -4.55. The molecule has 0 saturated carbocycles. The highest BCUT2D eigenvalue weighted by molar-refractivity contribution is 9.10. The summed E-state index contributed by atoms with van der Waals surface area (Å²) in [6.45, 7) is 0. The molecule has 0 aliphatic carbocycles. The topological polar surface area (TPSA) is 104 Å². The molecule has 1 atom stereocenters. The second kappa shape index (κ2) is 9.69. The van der Waals surface area contributed by atoms with Crippen LogP contribution in [0.15, 0.2) is 57.9 Å². The first-order valence-corrected chi connectivity index (χ1v) is 10.4. The maximum absolute atomic E-state index is 13.0. The number of nitrogens with zero attached hydrogens (tertiary/aromatic N) is 1. The molecule has 1 heterocycles. The lowest BCUT2D eigenvalue weighted by Gasteiger charge is -2.28. The third-order valence-electron chi connectivity index (χ3n) is 5.09. The van der Waals surface area contributed by atoms with Gasteiger partial charge < -0.3 is 24.7 Å². The lowest BCUT2D eigenvalue weighted by Crippen LogP contribution is -2.25. The summed E-state index contributed by atoms with van der Waals surface area (Å²) in [4.78, 5) is 12.9. The molecule has 178 valence electrons. The normalized spacial score (nSPS) is 16.0. The number of methoxy groups -OCH3 is 3. The standard InChI is InChI=1S/C23H18BrF3N2O5/c1-31-16-9-12(8-15(24)20(16)32-2)17-14(10-28)21(29)34-19(18(17)22(30)33-3)11-4-6-13(7-5-11)23(25,26)27/h4-9,17H,29H2,1-3H3. The predicted molar refractivity (Wildman–Crippen MR) is 118 cm³/mol. The van der Waals surface area contributed by atoms with Crippen LogP contribution in [0.2, 0.25) is 0 Å². The number of rotatable bonds is 5. The molecule has 0 saturated heterocycles. The average molecular weight is 539 g/mol. The third-order valence-corrected chi connectivity index (χ3v) is 5.68. The van der Waals surface area contributed by atoms with Crippen LogP contribution in [0.4, 0.5) is 13.2 Å². The minimum atomic E-state index is -4.55. The highest BCUT2D eigenvalue weighted by atomic mass is 79.9. The van der Waals surface area contributed by atoms with Crippen LogP contribution in [0.25, 0.3) is 5.76 Å². The molecule has 1 aliphatic rings. The third kappa shape index (κ3) is 4.54. The Balaban J connectivity index is 2.30. The number of nitriles is 1. The van der Waals surface area contributed by atoms with Crippen molar-refractivity contribution in [2.24, 2.45) is 5.73 Å². The quantitative estimate of drug-likeness (QED) is 0.541. The van der Waals surface area contributed by atoms with Gasteiger partial charge in [0.05, 0.1) is 42.9 Å². The van der Waals surface area contributed by atoms with E-state index >= 15 is 0 Å². The van der Waals surface area contributed by atoms with Crippen LogP contribution in [-0.2, 0) is 20.4 Å². The summed E-state index contributed by atoms with van der Waals surface area (Å²) in [5.41, 5.74) is 5.46. The van der Waals surface area contributed by atoms with Crippen molar-refractivity contribution in [1.82, 2.24) is 0 Å². The van der Waals surface area contributed by atoms with Gasteiger partial charge in [0.25, 0.3) is 0 Å². The second-order valence-electron chi connectivity index (χ2n) is 6.97. The molecule has 11 heteroatoms. The molecule has 0 spiro atoms. The monoisotopic (exact) mass is 538 g/mol. The van der Waals surface area contributed by atoms with E-state index in [0.29, 0.717) is 21.5 Å². The van der Waals surface area contributed by atoms with Crippen molar-refractivity contribution in [3.05, 3.63) is 74.6 Å². The number of alkyl halides is 3.